The molecule has 0 bridgehead atoms. The summed E-state index contributed by atoms with van der Waals surface area (Å²) >= 11 is 2.99. The maximum Gasteiger partial charge on any atom is 0.146 e. The smallest absolute Gasteiger partial charge is 0.146 e. The zero-order chi connectivity index (χ0) is 13.1. The molecular weight excluding hydrogens is 292 g/mol. The van der Waals surface area contributed by atoms with Crippen LogP contribution in [0.3, 0.4) is 0 Å². The third-order valence-corrected chi connectivity index (χ3v) is 3.23. The minimum absolute atomic E-state index is 0.151. The monoisotopic (exact) mass is 307 g/mol. The minimum atomic E-state index is -1.53. The van der Waals surface area contributed by atoms with Crippen molar-refractivity contribution >= 4 is 15.9 Å². The standard InChI is InChI=1S/C12H16BrF2NO/c1-3-16-7-6-12(2,17)10-9(14)5-4-8(13)11(10)15/h4-5,16-17H,3,6-7H2,1-2H3. The highest BCUT2D eigenvalue weighted by atomic mass is 79.9. The number of aliphatic hydroxyl groups is 1. The number of rotatable bonds is 5. The van der Waals surface area contributed by atoms with Crippen molar-refractivity contribution in [3.8, 4) is 0 Å². The fraction of sp³-hybridized carbons (Fsp3) is 0.500. The highest BCUT2D eigenvalue weighted by Crippen LogP contribution is 2.32. The third-order valence-electron chi connectivity index (χ3n) is 2.62. The maximum absolute atomic E-state index is 13.8. The molecule has 0 radical (unpaired) electrons. The summed E-state index contributed by atoms with van der Waals surface area (Å²) in [6.07, 6.45) is 0.241. The van der Waals surface area contributed by atoms with E-state index >= 15 is 0 Å². The Morgan fingerprint density at radius 2 is 2.06 bits per heavy atom. The van der Waals surface area contributed by atoms with Gasteiger partial charge >= 0.3 is 0 Å². The van der Waals surface area contributed by atoms with Gasteiger partial charge in [0.15, 0.2) is 0 Å². The van der Waals surface area contributed by atoms with Gasteiger partial charge in [-0.2, -0.15) is 0 Å². The lowest BCUT2D eigenvalue weighted by Gasteiger charge is -2.25. The molecule has 2 N–H and O–H groups in total. The molecule has 17 heavy (non-hydrogen) atoms. The summed E-state index contributed by atoms with van der Waals surface area (Å²) in [5.74, 6) is -1.47. The molecule has 0 aliphatic rings. The highest BCUT2D eigenvalue weighted by molar-refractivity contribution is 9.10. The topological polar surface area (TPSA) is 32.3 Å². The van der Waals surface area contributed by atoms with Crippen molar-refractivity contribution in [1.29, 1.82) is 0 Å². The minimum Gasteiger partial charge on any atom is -0.385 e. The van der Waals surface area contributed by atoms with Gasteiger partial charge in [0.25, 0.3) is 0 Å². The molecule has 5 heteroatoms. The average molecular weight is 308 g/mol. The maximum atomic E-state index is 13.8. The second-order valence-corrected chi connectivity index (χ2v) is 4.95. The Morgan fingerprint density at radius 1 is 1.41 bits per heavy atom. The molecule has 0 fully saturated rings. The van der Waals surface area contributed by atoms with E-state index in [0.29, 0.717) is 6.54 Å². The Hall–Kier alpha value is -0.520. The zero-order valence-electron chi connectivity index (χ0n) is 9.86. The molecule has 0 aliphatic heterocycles. The molecule has 0 aromatic heterocycles. The highest BCUT2D eigenvalue weighted by Gasteiger charge is 2.30. The van der Waals surface area contributed by atoms with E-state index in [1.165, 1.54) is 13.0 Å². The van der Waals surface area contributed by atoms with Crippen molar-refractivity contribution in [2.45, 2.75) is 25.9 Å². The van der Waals surface area contributed by atoms with Gasteiger partial charge in [0.1, 0.15) is 11.6 Å². The van der Waals surface area contributed by atoms with Crippen LogP contribution in [0.4, 0.5) is 8.78 Å². The van der Waals surface area contributed by atoms with E-state index in [1.807, 2.05) is 6.92 Å². The lowest BCUT2D eigenvalue weighted by Crippen LogP contribution is -2.30. The largest absolute Gasteiger partial charge is 0.385 e. The molecule has 1 aromatic carbocycles. The Bertz CT molecular complexity index is 396. The van der Waals surface area contributed by atoms with Crippen LogP contribution >= 0.6 is 15.9 Å². The first-order valence-electron chi connectivity index (χ1n) is 5.47. The molecular formula is C12H16BrF2NO. The lowest BCUT2D eigenvalue weighted by atomic mass is 9.91. The van der Waals surface area contributed by atoms with Crippen LogP contribution in [0.15, 0.2) is 16.6 Å². The summed E-state index contributed by atoms with van der Waals surface area (Å²) in [5.41, 5.74) is -1.81. The van der Waals surface area contributed by atoms with Crippen LogP contribution in [0.25, 0.3) is 0 Å². The Balaban J connectivity index is 3.01. The lowest BCUT2D eigenvalue weighted by molar-refractivity contribution is 0.0404. The van der Waals surface area contributed by atoms with Gasteiger partial charge < -0.3 is 10.4 Å². The fourth-order valence-electron chi connectivity index (χ4n) is 1.65. The predicted octanol–water partition coefficient (Wildman–Crippen LogP) is 2.93. The van der Waals surface area contributed by atoms with E-state index in [1.54, 1.807) is 0 Å². The quantitative estimate of drug-likeness (QED) is 0.647. The number of hydrogen-bond donors (Lipinski definition) is 2. The van der Waals surface area contributed by atoms with Gasteiger partial charge in [-0.15, -0.1) is 0 Å². The molecule has 0 spiro atoms. The summed E-state index contributed by atoms with van der Waals surface area (Å²) in [7, 11) is 0. The fourth-order valence-corrected chi connectivity index (χ4v) is 1.98. The van der Waals surface area contributed by atoms with Crippen LogP contribution in [0.2, 0.25) is 0 Å². The van der Waals surface area contributed by atoms with Crippen molar-refractivity contribution in [3.05, 3.63) is 33.8 Å². The SMILES string of the molecule is CCNCCC(C)(O)c1c(F)ccc(Br)c1F. The summed E-state index contributed by atoms with van der Waals surface area (Å²) < 4.78 is 27.5. The van der Waals surface area contributed by atoms with Crippen LogP contribution < -0.4 is 5.32 Å². The number of benzene rings is 1. The summed E-state index contributed by atoms with van der Waals surface area (Å²) in [6, 6.07) is 2.43. The predicted molar refractivity (Wildman–Crippen MR) is 66.8 cm³/mol. The number of halogens is 3. The zero-order valence-corrected chi connectivity index (χ0v) is 11.4. The number of nitrogens with one attached hydrogen (secondary N) is 1. The van der Waals surface area contributed by atoms with E-state index in [0.717, 1.165) is 12.6 Å². The van der Waals surface area contributed by atoms with Crippen LogP contribution in [0, 0.1) is 11.6 Å². The van der Waals surface area contributed by atoms with Gasteiger partial charge in [0.2, 0.25) is 0 Å². The molecule has 0 aliphatic carbocycles. The Labute approximate surface area is 108 Å². The van der Waals surface area contributed by atoms with Gasteiger partial charge in [-0.25, -0.2) is 8.78 Å². The third kappa shape index (κ3) is 3.47. The Morgan fingerprint density at radius 3 is 2.65 bits per heavy atom. The van der Waals surface area contributed by atoms with Crippen LogP contribution in [-0.4, -0.2) is 18.2 Å². The van der Waals surface area contributed by atoms with Crippen LogP contribution in [0.1, 0.15) is 25.8 Å². The molecule has 0 saturated carbocycles. The molecule has 1 unspecified atom stereocenters. The van der Waals surface area contributed by atoms with Crippen molar-refractivity contribution in [3.63, 3.8) is 0 Å². The summed E-state index contributed by atoms with van der Waals surface area (Å²) in [5, 5.41) is 13.2. The van der Waals surface area contributed by atoms with E-state index < -0.39 is 17.2 Å². The Kier molecular flexibility index (Phi) is 5.04. The van der Waals surface area contributed by atoms with E-state index in [2.05, 4.69) is 21.2 Å². The second kappa shape index (κ2) is 5.89. The van der Waals surface area contributed by atoms with Gasteiger partial charge in [-0.1, -0.05) is 6.92 Å². The van der Waals surface area contributed by atoms with Crippen molar-refractivity contribution < 1.29 is 13.9 Å². The van der Waals surface area contributed by atoms with E-state index in [-0.39, 0.29) is 16.5 Å². The van der Waals surface area contributed by atoms with Gasteiger partial charge in [0, 0.05) is 0 Å². The first kappa shape index (κ1) is 14.5. The van der Waals surface area contributed by atoms with Crippen molar-refractivity contribution in [2.24, 2.45) is 0 Å². The summed E-state index contributed by atoms with van der Waals surface area (Å²) in [4.78, 5) is 0. The summed E-state index contributed by atoms with van der Waals surface area (Å²) in [6.45, 7) is 4.59. The van der Waals surface area contributed by atoms with Crippen LogP contribution in [-0.2, 0) is 5.60 Å². The van der Waals surface area contributed by atoms with Gasteiger partial charge in [-0.3, -0.25) is 0 Å². The molecule has 1 atom stereocenters. The first-order valence-corrected chi connectivity index (χ1v) is 6.26. The average Bonchev–Trinajstić information content (AvgIpc) is 2.24. The molecule has 1 aromatic rings. The van der Waals surface area contributed by atoms with E-state index in [9.17, 15) is 13.9 Å². The normalized spacial score (nSPS) is 14.7. The molecule has 96 valence electrons. The van der Waals surface area contributed by atoms with Crippen LogP contribution in [0.5, 0.6) is 0 Å². The molecule has 1 rings (SSSR count). The number of hydrogen-bond acceptors (Lipinski definition) is 2. The molecule has 0 heterocycles. The van der Waals surface area contributed by atoms with Crippen molar-refractivity contribution in [2.75, 3.05) is 13.1 Å². The van der Waals surface area contributed by atoms with Gasteiger partial charge in [-0.05, 0) is 54.5 Å². The first-order chi connectivity index (χ1) is 7.90. The second-order valence-electron chi connectivity index (χ2n) is 4.10. The van der Waals surface area contributed by atoms with Crippen molar-refractivity contribution in [1.82, 2.24) is 5.32 Å². The molecule has 2 nitrogen and oxygen atoms in total. The van der Waals surface area contributed by atoms with Gasteiger partial charge in [0.05, 0.1) is 15.6 Å². The molecule has 0 amide bonds. The van der Waals surface area contributed by atoms with E-state index in [4.69, 9.17) is 0 Å². The molecule has 0 saturated heterocycles.